The van der Waals surface area contributed by atoms with Crippen molar-refractivity contribution in [3.05, 3.63) is 83.4 Å². The second kappa shape index (κ2) is 9.87. The van der Waals surface area contributed by atoms with Gasteiger partial charge in [-0.15, -0.1) is 0 Å². The monoisotopic (exact) mass is 468 g/mol. The summed E-state index contributed by atoms with van der Waals surface area (Å²) in [6.07, 6.45) is -1.98. The Morgan fingerprint density at radius 1 is 1.00 bits per heavy atom. The minimum Gasteiger partial charge on any atom is -0.356 e. The fourth-order valence-electron chi connectivity index (χ4n) is 4.71. The van der Waals surface area contributed by atoms with Crippen molar-refractivity contribution >= 4 is 22.6 Å². The zero-order valence-electron chi connectivity index (χ0n) is 18.8. The molecule has 4 nitrogen and oxygen atoms in total. The molecule has 34 heavy (non-hydrogen) atoms. The highest BCUT2D eigenvalue weighted by Crippen LogP contribution is 2.32. The van der Waals surface area contributed by atoms with E-state index in [4.69, 9.17) is 0 Å². The Balaban J connectivity index is 1.35. The quantitative estimate of drug-likeness (QED) is 0.478. The van der Waals surface area contributed by atoms with Crippen molar-refractivity contribution in [2.75, 3.05) is 6.54 Å². The van der Waals surface area contributed by atoms with Crippen LogP contribution >= 0.6 is 0 Å². The summed E-state index contributed by atoms with van der Waals surface area (Å²) in [5, 5.41) is 8.08. The summed E-state index contributed by atoms with van der Waals surface area (Å²) in [5.41, 5.74) is 0.0724. The molecule has 1 atom stereocenters. The van der Waals surface area contributed by atoms with Gasteiger partial charge in [-0.2, -0.15) is 13.2 Å². The SMILES string of the molecule is O=C(CCC1(Cc2ccc3ccccc3c2)CCC(=O)N1)NCCc1ccccc1C(F)(F)F. The molecule has 1 unspecified atom stereocenters. The van der Waals surface area contributed by atoms with Gasteiger partial charge in [-0.25, -0.2) is 0 Å². The van der Waals surface area contributed by atoms with Gasteiger partial charge in [0.05, 0.1) is 5.56 Å². The maximum atomic E-state index is 13.1. The standard InChI is InChI=1S/C27H27F3N2O2/c28-27(29,30)23-8-4-3-6-21(23)13-16-31-24(33)11-14-26(15-12-25(34)32-26)18-19-9-10-20-5-1-2-7-22(20)17-19/h1-10,17H,11-16,18H2,(H,31,33)(H,32,34). The smallest absolute Gasteiger partial charge is 0.356 e. The van der Waals surface area contributed by atoms with E-state index in [0.29, 0.717) is 25.7 Å². The van der Waals surface area contributed by atoms with Gasteiger partial charge in [-0.3, -0.25) is 9.59 Å². The molecule has 3 aromatic rings. The Kier molecular flexibility index (Phi) is 6.91. The molecule has 0 aromatic heterocycles. The summed E-state index contributed by atoms with van der Waals surface area (Å²) in [6.45, 7) is 0.121. The van der Waals surface area contributed by atoms with Crippen molar-refractivity contribution in [2.45, 2.75) is 50.2 Å². The van der Waals surface area contributed by atoms with Gasteiger partial charge in [-0.05, 0) is 53.6 Å². The fraction of sp³-hybridized carbons (Fsp3) is 0.333. The van der Waals surface area contributed by atoms with Crippen molar-refractivity contribution < 1.29 is 22.8 Å². The molecular weight excluding hydrogens is 441 g/mol. The highest BCUT2D eigenvalue weighted by molar-refractivity contribution is 5.83. The molecule has 0 saturated carbocycles. The molecule has 2 amide bonds. The molecule has 1 aliphatic heterocycles. The van der Waals surface area contributed by atoms with Crippen molar-refractivity contribution in [3.8, 4) is 0 Å². The summed E-state index contributed by atoms with van der Waals surface area (Å²) in [4.78, 5) is 24.5. The van der Waals surface area contributed by atoms with Gasteiger partial charge < -0.3 is 10.6 Å². The van der Waals surface area contributed by atoms with E-state index in [1.807, 2.05) is 30.3 Å². The van der Waals surface area contributed by atoms with Crippen molar-refractivity contribution in [1.82, 2.24) is 10.6 Å². The number of carbonyl (C=O) groups excluding carboxylic acids is 2. The largest absolute Gasteiger partial charge is 0.416 e. The van der Waals surface area contributed by atoms with E-state index >= 15 is 0 Å². The number of fused-ring (bicyclic) bond motifs is 1. The van der Waals surface area contributed by atoms with Crippen molar-refractivity contribution in [3.63, 3.8) is 0 Å². The van der Waals surface area contributed by atoms with E-state index < -0.39 is 17.3 Å². The summed E-state index contributed by atoms with van der Waals surface area (Å²) >= 11 is 0. The van der Waals surface area contributed by atoms with Crippen LogP contribution in [0.2, 0.25) is 0 Å². The molecule has 1 aliphatic rings. The molecule has 1 heterocycles. The highest BCUT2D eigenvalue weighted by atomic mass is 19.4. The second-order valence-electron chi connectivity index (χ2n) is 8.94. The minimum absolute atomic E-state index is 0.0232. The summed E-state index contributed by atoms with van der Waals surface area (Å²) < 4.78 is 39.4. The zero-order chi connectivity index (χ0) is 24.2. The van der Waals surface area contributed by atoms with Gasteiger partial charge in [0.1, 0.15) is 0 Å². The third-order valence-corrected chi connectivity index (χ3v) is 6.46. The lowest BCUT2D eigenvalue weighted by atomic mass is 9.84. The molecule has 0 aliphatic carbocycles. The molecule has 1 fully saturated rings. The lowest BCUT2D eigenvalue weighted by molar-refractivity contribution is -0.138. The fourth-order valence-corrected chi connectivity index (χ4v) is 4.71. The molecule has 7 heteroatoms. The van der Waals surface area contributed by atoms with Crippen LogP contribution in [0.3, 0.4) is 0 Å². The molecule has 3 aromatic carbocycles. The lowest BCUT2D eigenvalue weighted by Gasteiger charge is -2.29. The highest BCUT2D eigenvalue weighted by Gasteiger charge is 2.38. The number of alkyl halides is 3. The van der Waals surface area contributed by atoms with Crippen molar-refractivity contribution in [2.24, 2.45) is 0 Å². The predicted octanol–water partition coefficient (Wildman–Crippen LogP) is 5.19. The predicted molar refractivity (Wildman–Crippen MR) is 125 cm³/mol. The van der Waals surface area contributed by atoms with Gasteiger partial charge in [0.2, 0.25) is 11.8 Å². The van der Waals surface area contributed by atoms with E-state index in [0.717, 1.165) is 22.4 Å². The Morgan fingerprint density at radius 3 is 2.47 bits per heavy atom. The van der Waals surface area contributed by atoms with Crippen LogP contribution in [0, 0.1) is 0 Å². The van der Waals surface area contributed by atoms with E-state index in [1.54, 1.807) is 6.07 Å². The first kappa shape index (κ1) is 23.8. The van der Waals surface area contributed by atoms with Gasteiger partial charge in [0.15, 0.2) is 0 Å². The number of amides is 2. The Bertz CT molecular complexity index is 1190. The third kappa shape index (κ3) is 5.76. The number of benzene rings is 3. The summed E-state index contributed by atoms with van der Waals surface area (Å²) in [5.74, 6) is -0.256. The second-order valence-corrected chi connectivity index (χ2v) is 8.94. The van der Waals surface area contributed by atoms with Gasteiger partial charge in [-0.1, -0.05) is 60.7 Å². The average Bonchev–Trinajstić information content (AvgIpc) is 3.18. The third-order valence-electron chi connectivity index (χ3n) is 6.46. The zero-order valence-corrected chi connectivity index (χ0v) is 18.8. The van der Waals surface area contributed by atoms with E-state index in [-0.39, 0.29) is 36.8 Å². The van der Waals surface area contributed by atoms with Crippen LogP contribution < -0.4 is 10.6 Å². The Morgan fingerprint density at radius 2 is 1.74 bits per heavy atom. The minimum atomic E-state index is -4.42. The molecule has 0 bridgehead atoms. The average molecular weight is 469 g/mol. The van der Waals surface area contributed by atoms with Crippen LogP contribution in [0.4, 0.5) is 13.2 Å². The first-order valence-corrected chi connectivity index (χ1v) is 11.4. The lowest BCUT2D eigenvalue weighted by Crippen LogP contribution is -2.44. The number of hydrogen-bond acceptors (Lipinski definition) is 2. The number of carbonyl (C=O) groups is 2. The van der Waals surface area contributed by atoms with E-state index in [9.17, 15) is 22.8 Å². The van der Waals surface area contributed by atoms with Gasteiger partial charge in [0.25, 0.3) is 0 Å². The van der Waals surface area contributed by atoms with Crippen LogP contribution in [-0.4, -0.2) is 23.9 Å². The van der Waals surface area contributed by atoms with E-state index in [2.05, 4.69) is 22.8 Å². The van der Waals surface area contributed by atoms with Crippen LogP contribution in [0.15, 0.2) is 66.7 Å². The summed E-state index contributed by atoms with van der Waals surface area (Å²) in [7, 11) is 0. The molecule has 4 rings (SSSR count). The Labute approximate surface area is 196 Å². The molecule has 2 N–H and O–H groups in total. The first-order chi connectivity index (χ1) is 16.2. The number of hydrogen-bond donors (Lipinski definition) is 2. The summed E-state index contributed by atoms with van der Waals surface area (Å²) in [6, 6.07) is 19.7. The molecule has 178 valence electrons. The van der Waals surface area contributed by atoms with Crippen LogP contribution in [-0.2, 0) is 28.6 Å². The normalized spacial score (nSPS) is 18.1. The molecule has 1 saturated heterocycles. The molecular formula is C27H27F3N2O2. The number of halogens is 3. The van der Waals surface area contributed by atoms with Crippen LogP contribution in [0.1, 0.15) is 42.4 Å². The topological polar surface area (TPSA) is 58.2 Å². The number of nitrogens with one attached hydrogen (secondary N) is 2. The number of rotatable bonds is 8. The molecule has 0 spiro atoms. The van der Waals surface area contributed by atoms with Crippen molar-refractivity contribution in [1.29, 1.82) is 0 Å². The first-order valence-electron chi connectivity index (χ1n) is 11.4. The van der Waals surface area contributed by atoms with E-state index in [1.165, 1.54) is 12.1 Å². The maximum absolute atomic E-state index is 13.1. The Hall–Kier alpha value is -3.35. The van der Waals surface area contributed by atoms with Gasteiger partial charge >= 0.3 is 6.18 Å². The maximum Gasteiger partial charge on any atom is 0.416 e. The van der Waals surface area contributed by atoms with Gasteiger partial charge in [0, 0.05) is 24.9 Å². The van der Waals surface area contributed by atoms with Crippen LogP contribution in [0.25, 0.3) is 10.8 Å². The molecule has 0 radical (unpaired) electrons. The van der Waals surface area contributed by atoms with Crippen LogP contribution in [0.5, 0.6) is 0 Å².